The van der Waals surface area contributed by atoms with Crippen molar-refractivity contribution in [3.05, 3.63) is 89.0 Å². The maximum atomic E-state index is 11.5. The largest absolute Gasteiger partial charge is 1.00 e. The summed E-state index contributed by atoms with van der Waals surface area (Å²) in [5, 5.41) is 19.3. The Morgan fingerprint density at radius 3 is 1.80 bits per heavy atom. The third-order valence-electron chi connectivity index (χ3n) is 5.15. The number of nitrogens with zero attached hydrogens (tertiary/aromatic N) is 3. The number of hydrogen-bond donors (Lipinski definition) is 0. The molecule has 8 heteroatoms. The van der Waals surface area contributed by atoms with Crippen molar-refractivity contribution in [2.45, 2.75) is 4.90 Å². The maximum absolute atomic E-state index is 11.5. The van der Waals surface area contributed by atoms with Crippen molar-refractivity contribution < 1.29 is 43.1 Å². The van der Waals surface area contributed by atoms with E-state index in [4.69, 9.17) is 4.74 Å². The predicted molar refractivity (Wildman–Crippen MR) is 134 cm³/mol. The molecule has 3 rings (SSSR count). The van der Waals surface area contributed by atoms with Gasteiger partial charge < -0.3 is 14.2 Å². The van der Waals surface area contributed by atoms with E-state index in [0.717, 1.165) is 16.8 Å². The van der Waals surface area contributed by atoms with E-state index in [1.165, 1.54) is 13.2 Å². The monoisotopic (exact) mass is 491 g/mol. The Morgan fingerprint density at radius 2 is 1.37 bits per heavy atom. The van der Waals surface area contributed by atoms with E-state index in [-0.39, 0.29) is 40.2 Å². The summed E-state index contributed by atoms with van der Waals surface area (Å²) in [5.41, 5.74) is 4.79. The van der Waals surface area contributed by atoms with Gasteiger partial charge in [-0.1, -0.05) is 42.5 Å². The van der Waals surface area contributed by atoms with Gasteiger partial charge in [0.25, 0.3) is 0 Å². The zero-order valence-electron chi connectivity index (χ0n) is 20.0. The Labute approximate surface area is 230 Å². The van der Waals surface area contributed by atoms with E-state index < -0.39 is 11.1 Å². The minimum absolute atomic E-state index is 0. The predicted octanol–water partition coefficient (Wildman–Crippen LogP) is 2.13. The van der Waals surface area contributed by atoms with E-state index >= 15 is 0 Å². The molecule has 3 aromatic carbocycles. The van der Waals surface area contributed by atoms with Crippen LogP contribution in [0.4, 0.5) is 5.69 Å². The van der Waals surface area contributed by atoms with E-state index in [1.807, 2.05) is 49.3 Å². The topological polar surface area (TPSA) is 100 Å². The van der Waals surface area contributed by atoms with Crippen molar-refractivity contribution in [2.24, 2.45) is 0 Å². The first kappa shape index (κ1) is 28.1. The second kappa shape index (κ2) is 13.1. The SMILES string of the molecule is COc1ccc(C=C(C#N)c2ccc(C(C#N)=Cc3ccc(N(C)C)cc3)cc2)cc1S(=O)[O-].[Na+]. The minimum atomic E-state index is -2.47. The van der Waals surface area contributed by atoms with Crippen LogP contribution in [-0.4, -0.2) is 30.0 Å². The average Bonchev–Trinajstić information content (AvgIpc) is 2.86. The summed E-state index contributed by atoms with van der Waals surface area (Å²) < 4.78 is 28.0. The zero-order valence-corrected chi connectivity index (χ0v) is 22.8. The van der Waals surface area contributed by atoms with Gasteiger partial charge in [0.15, 0.2) is 0 Å². The average molecular weight is 492 g/mol. The molecular formula is C27H22N3NaO3S. The first-order chi connectivity index (χ1) is 16.4. The number of nitriles is 2. The van der Waals surface area contributed by atoms with Gasteiger partial charge in [-0.05, 0) is 69.8 Å². The summed E-state index contributed by atoms with van der Waals surface area (Å²) in [5.74, 6) is 0.237. The quantitative estimate of drug-likeness (QED) is 0.217. The van der Waals surface area contributed by atoms with Crippen LogP contribution in [0.15, 0.2) is 71.6 Å². The van der Waals surface area contributed by atoms with Crippen LogP contribution in [0.3, 0.4) is 0 Å². The molecule has 0 spiro atoms. The number of allylic oxidation sites excluding steroid dienone is 2. The van der Waals surface area contributed by atoms with Crippen LogP contribution in [0.2, 0.25) is 0 Å². The summed E-state index contributed by atoms with van der Waals surface area (Å²) in [7, 11) is 5.33. The third kappa shape index (κ3) is 7.16. The van der Waals surface area contributed by atoms with Crippen molar-refractivity contribution in [2.75, 3.05) is 26.1 Å². The number of rotatable bonds is 7. The molecule has 0 aromatic heterocycles. The molecule has 35 heavy (non-hydrogen) atoms. The van der Waals surface area contributed by atoms with Gasteiger partial charge in [-0.3, -0.25) is 4.21 Å². The fraction of sp³-hybridized carbons (Fsp3) is 0.111. The van der Waals surface area contributed by atoms with Gasteiger partial charge >= 0.3 is 29.6 Å². The summed E-state index contributed by atoms with van der Waals surface area (Å²) in [4.78, 5) is 2.02. The van der Waals surface area contributed by atoms with Crippen LogP contribution in [0.25, 0.3) is 23.3 Å². The van der Waals surface area contributed by atoms with E-state index in [1.54, 1.807) is 42.5 Å². The third-order valence-corrected chi connectivity index (χ3v) is 5.82. The van der Waals surface area contributed by atoms with Gasteiger partial charge in [0, 0.05) is 19.8 Å². The number of methoxy groups -OCH3 is 1. The van der Waals surface area contributed by atoms with Gasteiger partial charge in [0.2, 0.25) is 0 Å². The second-order valence-electron chi connectivity index (χ2n) is 7.55. The Morgan fingerprint density at radius 1 is 0.886 bits per heavy atom. The number of anilines is 1. The molecule has 0 fully saturated rings. The Kier molecular flexibility index (Phi) is 10.5. The molecule has 1 unspecified atom stereocenters. The van der Waals surface area contributed by atoms with E-state index in [9.17, 15) is 19.3 Å². The van der Waals surface area contributed by atoms with Crippen LogP contribution >= 0.6 is 0 Å². The van der Waals surface area contributed by atoms with Gasteiger partial charge in [0.05, 0.1) is 35.3 Å². The Bertz CT molecular complexity index is 1350. The first-order valence-electron chi connectivity index (χ1n) is 10.3. The first-order valence-corrected chi connectivity index (χ1v) is 11.3. The van der Waals surface area contributed by atoms with Crippen LogP contribution in [-0.2, 0) is 11.1 Å². The van der Waals surface area contributed by atoms with Crippen molar-refractivity contribution in [3.8, 4) is 17.9 Å². The summed E-state index contributed by atoms with van der Waals surface area (Å²) in [6.07, 6.45) is 3.43. The van der Waals surface area contributed by atoms with Gasteiger partial charge in [-0.15, -0.1) is 0 Å². The molecular weight excluding hydrogens is 469 g/mol. The second-order valence-corrected chi connectivity index (χ2v) is 8.46. The Hall–Kier alpha value is -3.17. The number of hydrogen-bond acceptors (Lipinski definition) is 6. The number of benzene rings is 3. The molecule has 1 atom stereocenters. The van der Waals surface area contributed by atoms with Gasteiger partial charge in [-0.2, -0.15) is 10.5 Å². The van der Waals surface area contributed by atoms with Crippen molar-refractivity contribution >= 4 is 40.1 Å². The summed E-state index contributed by atoms with van der Waals surface area (Å²) in [6.45, 7) is 0. The molecule has 0 saturated heterocycles. The van der Waals surface area contributed by atoms with Crippen LogP contribution in [0.1, 0.15) is 22.3 Å². The molecule has 3 aromatic rings. The van der Waals surface area contributed by atoms with Crippen molar-refractivity contribution in [3.63, 3.8) is 0 Å². The van der Waals surface area contributed by atoms with E-state index in [0.29, 0.717) is 22.3 Å². The molecule has 0 aliphatic heterocycles. The molecule has 0 aliphatic rings. The summed E-state index contributed by atoms with van der Waals surface area (Å²) in [6, 6.07) is 24.1. The van der Waals surface area contributed by atoms with Crippen molar-refractivity contribution in [1.82, 2.24) is 0 Å². The standard InChI is InChI=1S/C27H23N3O3S.Na/c1-30(2)25-11-4-19(5-12-25)14-23(17-28)21-7-9-22(10-8-21)24(18-29)15-20-6-13-26(33-3)27(16-20)34(31)32;/h4-16H,1-3H3,(H,31,32);/q;+1/p-1. The van der Waals surface area contributed by atoms with E-state index in [2.05, 4.69) is 12.1 Å². The summed E-state index contributed by atoms with van der Waals surface area (Å²) >= 11 is -2.47. The fourth-order valence-electron chi connectivity index (χ4n) is 3.31. The smallest absolute Gasteiger partial charge is 0.768 e. The maximum Gasteiger partial charge on any atom is 1.00 e. The zero-order chi connectivity index (χ0) is 24.7. The van der Waals surface area contributed by atoms with Crippen LogP contribution in [0, 0.1) is 22.7 Å². The van der Waals surface area contributed by atoms with Gasteiger partial charge in [-0.25, -0.2) is 0 Å². The molecule has 0 saturated carbocycles. The molecule has 0 heterocycles. The molecule has 0 N–H and O–H groups in total. The molecule has 0 bridgehead atoms. The normalized spacial score (nSPS) is 12.1. The molecule has 6 nitrogen and oxygen atoms in total. The molecule has 0 radical (unpaired) electrons. The fourth-order valence-corrected chi connectivity index (χ4v) is 3.85. The van der Waals surface area contributed by atoms with Crippen LogP contribution in [0.5, 0.6) is 5.75 Å². The van der Waals surface area contributed by atoms with Crippen LogP contribution < -0.4 is 39.2 Å². The Balaban J connectivity index is 0.00000432. The molecule has 0 amide bonds. The molecule has 170 valence electrons. The number of ether oxygens (including phenoxy) is 1. The molecule has 0 aliphatic carbocycles. The van der Waals surface area contributed by atoms with Crippen molar-refractivity contribution in [1.29, 1.82) is 10.5 Å². The minimum Gasteiger partial charge on any atom is -0.768 e. The van der Waals surface area contributed by atoms with Gasteiger partial charge in [0.1, 0.15) is 5.75 Å².